The van der Waals surface area contributed by atoms with E-state index >= 15 is 0 Å². The highest BCUT2D eigenvalue weighted by atomic mass is 35.5. The molecule has 0 heterocycles. The molecule has 0 saturated carbocycles. The number of rotatable bonds is 2. The molecule has 0 aliphatic rings. The molecule has 0 aromatic heterocycles. The predicted octanol–water partition coefficient (Wildman–Crippen LogP) is 1.38. The highest BCUT2D eigenvalue weighted by Crippen LogP contribution is 2.15. The van der Waals surface area contributed by atoms with Crippen molar-refractivity contribution in [3.8, 4) is 0 Å². The van der Waals surface area contributed by atoms with Crippen LogP contribution < -0.4 is 5.73 Å². The van der Waals surface area contributed by atoms with Crippen molar-refractivity contribution in [2.45, 2.75) is 6.04 Å². The first-order valence-electron chi connectivity index (χ1n) is 3.46. The third-order valence-corrected chi connectivity index (χ3v) is 1.56. The van der Waals surface area contributed by atoms with Crippen LogP contribution in [0.1, 0.15) is 11.6 Å². The van der Waals surface area contributed by atoms with E-state index in [-0.39, 0.29) is 24.6 Å². The Hall–Kier alpha value is -0.710. The Morgan fingerprint density at radius 1 is 1.38 bits per heavy atom. The summed E-state index contributed by atoms with van der Waals surface area (Å²) in [6, 6.07) is 2.29. The molecule has 0 spiro atoms. The van der Waals surface area contributed by atoms with E-state index in [1.54, 1.807) is 0 Å². The summed E-state index contributed by atoms with van der Waals surface area (Å²) in [4.78, 5) is 0. The van der Waals surface area contributed by atoms with Gasteiger partial charge in [-0.2, -0.15) is 0 Å². The van der Waals surface area contributed by atoms with Crippen molar-refractivity contribution in [1.82, 2.24) is 0 Å². The molecule has 1 rings (SSSR count). The molecule has 74 valence electrons. The molecular formula is C8H10ClF2NO. The molecule has 0 saturated heterocycles. The molecule has 2 nitrogen and oxygen atoms in total. The maximum atomic E-state index is 12.9. The van der Waals surface area contributed by atoms with Crippen LogP contribution in [0.15, 0.2) is 18.2 Å². The summed E-state index contributed by atoms with van der Waals surface area (Å²) in [7, 11) is 0. The van der Waals surface area contributed by atoms with Gasteiger partial charge in [-0.1, -0.05) is 6.07 Å². The van der Waals surface area contributed by atoms with Gasteiger partial charge >= 0.3 is 0 Å². The first-order valence-corrected chi connectivity index (χ1v) is 3.46. The Morgan fingerprint density at radius 2 is 2.00 bits per heavy atom. The lowest BCUT2D eigenvalue weighted by Gasteiger charge is -2.08. The molecule has 0 aliphatic heterocycles. The zero-order chi connectivity index (χ0) is 9.14. The van der Waals surface area contributed by atoms with Crippen LogP contribution in [0.5, 0.6) is 0 Å². The SMILES string of the molecule is Cl.NC(CO)c1ccc(F)cc1F. The van der Waals surface area contributed by atoms with E-state index in [9.17, 15) is 8.78 Å². The van der Waals surface area contributed by atoms with Crippen LogP contribution in [-0.2, 0) is 0 Å². The number of benzene rings is 1. The smallest absolute Gasteiger partial charge is 0.130 e. The van der Waals surface area contributed by atoms with E-state index in [1.807, 2.05) is 0 Å². The topological polar surface area (TPSA) is 46.2 Å². The van der Waals surface area contributed by atoms with E-state index in [0.29, 0.717) is 0 Å². The van der Waals surface area contributed by atoms with Crippen LogP contribution in [0.4, 0.5) is 8.78 Å². The van der Waals surface area contributed by atoms with E-state index < -0.39 is 17.7 Å². The van der Waals surface area contributed by atoms with Crippen molar-refractivity contribution in [2.75, 3.05) is 6.61 Å². The third kappa shape index (κ3) is 2.91. The lowest BCUT2D eigenvalue weighted by molar-refractivity contribution is 0.265. The maximum absolute atomic E-state index is 12.9. The van der Waals surface area contributed by atoms with Gasteiger partial charge in [0.2, 0.25) is 0 Å². The first kappa shape index (κ1) is 12.3. The summed E-state index contributed by atoms with van der Waals surface area (Å²) in [5.41, 5.74) is 5.46. The average Bonchev–Trinajstić information content (AvgIpc) is 2.03. The summed E-state index contributed by atoms with van der Waals surface area (Å²) in [6.07, 6.45) is 0. The van der Waals surface area contributed by atoms with Crippen LogP contribution >= 0.6 is 12.4 Å². The van der Waals surface area contributed by atoms with Crippen LogP contribution in [0.3, 0.4) is 0 Å². The normalized spacial score (nSPS) is 12.0. The van der Waals surface area contributed by atoms with Crippen LogP contribution in [0, 0.1) is 11.6 Å². The van der Waals surface area contributed by atoms with Gasteiger partial charge in [0.25, 0.3) is 0 Å². The van der Waals surface area contributed by atoms with E-state index in [4.69, 9.17) is 10.8 Å². The zero-order valence-corrected chi connectivity index (χ0v) is 7.52. The molecule has 3 N–H and O–H groups in total. The van der Waals surface area contributed by atoms with Gasteiger partial charge in [-0.3, -0.25) is 0 Å². The molecule has 1 unspecified atom stereocenters. The minimum Gasteiger partial charge on any atom is -0.394 e. The van der Waals surface area contributed by atoms with Crippen molar-refractivity contribution >= 4 is 12.4 Å². The number of aliphatic hydroxyl groups excluding tert-OH is 1. The number of aliphatic hydroxyl groups is 1. The predicted molar refractivity (Wildman–Crippen MR) is 47.6 cm³/mol. The minimum absolute atomic E-state index is 0. The van der Waals surface area contributed by atoms with Gasteiger partial charge in [-0.05, 0) is 6.07 Å². The van der Waals surface area contributed by atoms with Crippen molar-refractivity contribution < 1.29 is 13.9 Å². The van der Waals surface area contributed by atoms with Crippen LogP contribution in [0.25, 0.3) is 0 Å². The first-order chi connectivity index (χ1) is 5.65. The molecule has 0 aliphatic carbocycles. The Labute approximate surface area is 80.8 Å². The van der Waals surface area contributed by atoms with Crippen molar-refractivity contribution in [3.63, 3.8) is 0 Å². The summed E-state index contributed by atoms with van der Waals surface area (Å²) >= 11 is 0. The van der Waals surface area contributed by atoms with Crippen molar-refractivity contribution in [1.29, 1.82) is 0 Å². The molecule has 0 amide bonds. The molecular weight excluding hydrogens is 200 g/mol. The number of halogens is 3. The zero-order valence-electron chi connectivity index (χ0n) is 6.71. The summed E-state index contributed by atoms with van der Waals surface area (Å²) in [6.45, 7) is -0.359. The van der Waals surface area contributed by atoms with Gasteiger partial charge in [0, 0.05) is 11.6 Å². The number of hydrogen-bond donors (Lipinski definition) is 2. The molecule has 13 heavy (non-hydrogen) atoms. The Balaban J connectivity index is 0.00000144. The van der Waals surface area contributed by atoms with E-state index in [0.717, 1.165) is 12.1 Å². The number of nitrogens with two attached hydrogens (primary N) is 1. The fourth-order valence-corrected chi connectivity index (χ4v) is 0.901. The third-order valence-electron chi connectivity index (χ3n) is 1.56. The van der Waals surface area contributed by atoms with Gasteiger partial charge in [0.15, 0.2) is 0 Å². The summed E-state index contributed by atoms with van der Waals surface area (Å²) < 4.78 is 25.2. The molecule has 1 aromatic carbocycles. The summed E-state index contributed by atoms with van der Waals surface area (Å²) in [5, 5.41) is 8.60. The fraction of sp³-hybridized carbons (Fsp3) is 0.250. The van der Waals surface area contributed by atoms with Gasteiger partial charge < -0.3 is 10.8 Å². The van der Waals surface area contributed by atoms with Crippen LogP contribution in [0.2, 0.25) is 0 Å². The largest absolute Gasteiger partial charge is 0.394 e. The second kappa shape index (κ2) is 5.11. The van der Waals surface area contributed by atoms with Crippen LogP contribution in [-0.4, -0.2) is 11.7 Å². The Morgan fingerprint density at radius 3 is 2.46 bits per heavy atom. The molecule has 0 bridgehead atoms. The second-order valence-electron chi connectivity index (χ2n) is 2.45. The van der Waals surface area contributed by atoms with Gasteiger partial charge in [-0.25, -0.2) is 8.78 Å². The lowest BCUT2D eigenvalue weighted by Crippen LogP contribution is -2.16. The maximum Gasteiger partial charge on any atom is 0.130 e. The Kier molecular flexibility index (Phi) is 4.83. The Bertz CT molecular complexity index is 283. The highest BCUT2D eigenvalue weighted by molar-refractivity contribution is 5.85. The molecule has 1 atom stereocenters. The second-order valence-corrected chi connectivity index (χ2v) is 2.45. The van der Waals surface area contributed by atoms with Crippen molar-refractivity contribution in [2.24, 2.45) is 5.73 Å². The molecule has 0 radical (unpaired) electrons. The standard InChI is InChI=1S/C8H9F2NO.ClH/c9-5-1-2-6(7(10)3-5)8(11)4-12;/h1-3,8,12H,4,11H2;1H. The monoisotopic (exact) mass is 209 g/mol. The van der Waals surface area contributed by atoms with Gasteiger partial charge in [0.05, 0.1) is 12.6 Å². The van der Waals surface area contributed by atoms with Crippen molar-refractivity contribution in [3.05, 3.63) is 35.4 Å². The fourth-order valence-electron chi connectivity index (χ4n) is 0.901. The quantitative estimate of drug-likeness (QED) is 0.773. The van der Waals surface area contributed by atoms with Gasteiger partial charge in [-0.15, -0.1) is 12.4 Å². The lowest BCUT2D eigenvalue weighted by atomic mass is 10.1. The molecule has 0 fully saturated rings. The average molecular weight is 210 g/mol. The highest BCUT2D eigenvalue weighted by Gasteiger charge is 2.10. The van der Waals surface area contributed by atoms with Gasteiger partial charge in [0.1, 0.15) is 11.6 Å². The molecule has 5 heteroatoms. The van der Waals surface area contributed by atoms with E-state index in [1.165, 1.54) is 6.07 Å². The number of hydrogen-bond acceptors (Lipinski definition) is 2. The summed E-state index contributed by atoms with van der Waals surface area (Å²) in [5.74, 6) is -1.38. The minimum atomic E-state index is -0.786. The molecule has 1 aromatic rings. The van der Waals surface area contributed by atoms with E-state index in [2.05, 4.69) is 0 Å².